The van der Waals surface area contributed by atoms with E-state index in [2.05, 4.69) is 15.4 Å². The van der Waals surface area contributed by atoms with E-state index in [0.29, 0.717) is 5.75 Å². The summed E-state index contributed by atoms with van der Waals surface area (Å²) in [6.45, 7) is 1.63. The van der Waals surface area contributed by atoms with Gasteiger partial charge in [0.2, 0.25) is 5.91 Å². The lowest BCUT2D eigenvalue weighted by molar-refractivity contribution is -0.118. The van der Waals surface area contributed by atoms with Crippen molar-refractivity contribution in [1.82, 2.24) is 20.1 Å². The van der Waals surface area contributed by atoms with Gasteiger partial charge in [0.1, 0.15) is 0 Å². The normalized spacial score (nSPS) is 15.6. The number of aromatic nitrogens is 3. The summed E-state index contributed by atoms with van der Waals surface area (Å²) in [5.41, 5.74) is 0.211. The van der Waals surface area contributed by atoms with Crippen LogP contribution in [0.5, 0.6) is 0 Å². The van der Waals surface area contributed by atoms with Crippen LogP contribution in [0.1, 0.15) is 12.8 Å². The molecule has 2 aromatic rings. The van der Waals surface area contributed by atoms with Crippen molar-refractivity contribution in [2.24, 2.45) is 5.41 Å². The number of nitrogens with zero attached hydrogens (tertiary/aromatic N) is 3. The highest BCUT2D eigenvalue weighted by atomic mass is 32.2. The molecule has 0 bridgehead atoms. The van der Waals surface area contributed by atoms with Crippen LogP contribution in [-0.4, -0.2) is 33.0 Å². The monoisotopic (exact) mass is 302 g/mol. The Kier molecular flexibility index (Phi) is 4.24. The maximum absolute atomic E-state index is 11.9. The van der Waals surface area contributed by atoms with Gasteiger partial charge >= 0.3 is 0 Å². The largest absolute Gasteiger partial charge is 0.355 e. The van der Waals surface area contributed by atoms with Gasteiger partial charge in [-0.3, -0.25) is 14.5 Å². The van der Waals surface area contributed by atoms with E-state index in [-0.39, 0.29) is 11.3 Å². The predicted octanol–water partition coefficient (Wildman–Crippen LogP) is 1.97. The van der Waals surface area contributed by atoms with Crippen LogP contribution in [0.3, 0.4) is 0 Å². The van der Waals surface area contributed by atoms with Crippen molar-refractivity contribution in [3.8, 4) is 0 Å². The van der Waals surface area contributed by atoms with Gasteiger partial charge in [-0.1, -0.05) is 0 Å². The Labute approximate surface area is 128 Å². The maximum atomic E-state index is 11.9. The smallest absolute Gasteiger partial charge is 0.230 e. The van der Waals surface area contributed by atoms with Gasteiger partial charge in [0.05, 0.1) is 5.75 Å². The van der Waals surface area contributed by atoms with Crippen LogP contribution in [0.4, 0.5) is 0 Å². The number of carbonyl (C=O) groups is 1. The molecule has 1 aliphatic rings. The van der Waals surface area contributed by atoms with Crippen LogP contribution in [0.15, 0.2) is 47.9 Å². The molecule has 6 heteroatoms. The zero-order valence-electron chi connectivity index (χ0n) is 11.7. The summed E-state index contributed by atoms with van der Waals surface area (Å²) >= 11 is 1.54. The molecule has 1 N–H and O–H groups in total. The van der Waals surface area contributed by atoms with Crippen LogP contribution in [0.2, 0.25) is 0 Å². The lowest BCUT2D eigenvalue weighted by Crippen LogP contribution is -2.33. The van der Waals surface area contributed by atoms with Gasteiger partial charge in [-0.2, -0.15) is 5.10 Å². The van der Waals surface area contributed by atoms with Crippen LogP contribution < -0.4 is 5.32 Å². The first-order valence-corrected chi connectivity index (χ1v) is 8.01. The predicted molar refractivity (Wildman–Crippen MR) is 81.9 cm³/mol. The highest BCUT2D eigenvalue weighted by Crippen LogP contribution is 2.46. The quantitative estimate of drug-likeness (QED) is 0.794. The molecule has 1 fully saturated rings. The van der Waals surface area contributed by atoms with Crippen molar-refractivity contribution in [2.45, 2.75) is 24.3 Å². The van der Waals surface area contributed by atoms with Crippen molar-refractivity contribution in [2.75, 3.05) is 12.3 Å². The first kappa shape index (κ1) is 14.1. The minimum Gasteiger partial charge on any atom is -0.355 e. The topological polar surface area (TPSA) is 59.8 Å². The zero-order chi connectivity index (χ0) is 14.5. The maximum Gasteiger partial charge on any atom is 0.230 e. The molecule has 1 aliphatic carbocycles. The molecule has 110 valence electrons. The minimum atomic E-state index is 0.0866. The summed E-state index contributed by atoms with van der Waals surface area (Å²) in [5.74, 6) is 0.533. The van der Waals surface area contributed by atoms with E-state index in [0.717, 1.165) is 30.8 Å². The Hall–Kier alpha value is -1.82. The van der Waals surface area contributed by atoms with Gasteiger partial charge in [-0.25, -0.2) is 0 Å². The Balaban J connectivity index is 1.41. The molecule has 2 aromatic heterocycles. The lowest BCUT2D eigenvalue weighted by atomic mass is 10.1. The highest BCUT2D eigenvalue weighted by molar-refractivity contribution is 8.00. The minimum absolute atomic E-state index is 0.0866. The van der Waals surface area contributed by atoms with Crippen LogP contribution in [0, 0.1) is 5.41 Å². The summed E-state index contributed by atoms with van der Waals surface area (Å²) in [5, 5.41) is 7.29. The summed E-state index contributed by atoms with van der Waals surface area (Å²) in [4.78, 5) is 17.0. The molecule has 2 heterocycles. The molecule has 5 nitrogen and oxygen atoms in total. The van der Waals surface area contributed by atoms with E-state index in [1.54, 1.807) is 18.6 Å². The number of pyridine rings is 1. The Morgan fingerprint density at radius 2 is 2.14 bits per heavy atom. The standard InChI is InChI=1S/C15H18N4OS/c20-14(10-21-13-2-7-16-8-3-13)17-11-15(4-5-15)12-19-9-1-6-18-19/h1-3,6-9H,4-5,10-12H2,(H,17,20). The summed E-state index contributed by atoms with van der Waals surface area (Å²) < 4.78 is 1.95. The van der Waals surface area contributed by atoms with Gasteiger partial charge in [-0.15, -0.1) is 11.8 Å². The molecule has 0 aromatic carbocycles. The number of nitrogens with one attached hydrogen (secondary N) is 1. The van der Waals surface area contributed by atoms with Crippen molar-refractivity contribution >= 4 is 17.7 Å². The SMILES string of the molecule is O=C(CSc1ccncc1)NCC1(Cn2cccn2)CC1. The van der Waals surface area contributed by atoms with Gasteiger partial charge in [-0.05, 0) is 31.0 Å². The highest BCUT2D eigenvalue weighted by Gasteiger charge is 2.43. The molecule has 3 rings (SSSR count). The van der Waals surface area contributed by atoms with E-state index in [1.165, 1.54) is 11.8 Å². The molecule has 0 atom stereocenters. The van der Waals surface area contributed by atoms with Gasteiger partial charge in [0, 0.05) is 48.2 Å². The fraction of sp³-hybridized carbons (Fsp3) is 0.400. The molecule has 0 aliphatic heterocycles. The van der Waals surface area contributed by atoms with E-state index < -0.39 is 0 Å². The van der Waals surface area contributed by atoms with Crippen molar-refractivity contribution in [3.63, 3.8) is 0 Å². The van der Waals surface area contributed by atoms with E-state index in [1.807, 2.05) is 29.1 Å². The second kappa shape index (κ2) is 6.30. The first-order valence-electron chi connectivity index (χ1n) is 7.03. The van der Waals surface area contributed by atoms with Crippen molar-refractivity contribution < 1.29 is 4.79 Å². The second-order valence-corrected chi connectivity index (χ2v) is 6.50. The van der Waals surface area contributed by atoms with Gasteiger partial charge < -0.3 is 5.32 Å². The number of amides is 1. The number of carbonyl (C=O) groups excluding carboxylic acids is 1. The first-order chi connectivity index (χ1) is 10.3. The van der Waals surface area contributed by atoms with E-state index in [4.69, 9.17) is 0 Å². The average Bonchev–Trinajstić information content (AvgIpc) is 3.08. The molecular formula is C15H18N4OS. The molecule has 0 radical (unpaired) electrons. The molecule has 21 heavy (non-hydrogen) atoms. The van der Waals surface area contributed by atoms with Crippen LogP contribution in [-0.2, 0) is 11.3 Å². The van der Waals surface area contributed by atoms with Crippen molar-refractivity contribution in [3.05, 3.63) is 43.0 Å². The summed E-state index contributed by atoms with van der Waals surface area (Å²) in [7, 11) is 0. The van der Waals surface area contributed by atoms with Crippen LogP contribution in [0.25, 0.3) is 0 Å². The summed E-state index contributed by atoms with van der Waals surface area (Å²) in [6.07, 6.45) is 9.56. The zero-order valence-corrected chi connectivity index (χ0v) is 12.6. The molecule has 0 saturated heterocycles. The number of hydrogen-bond donors (Lipinski definition) is 1. The van der Waals surface area contributed by atoms with E-state index in [9.17, 15) is 4.79 Å². The molecule has 1 amide bonds. The van der Waals surface area contributed by atoms with Gasteiger partial charge in [0.25, 0.3) is 0 Å². The van der Waals surface area contributed by atoms with Crippen molar-refractivity contribution in [1.29, 1.82) is 0 Å². The number of thioether (sulfide) groups is 1. The third kappa shape index (κ3) is 4.07. The fourth-order valence-corrected chi connectivity index (χ4v) is 2.94. The molecule has 0 unspecified atom stereocenters. The Morgan fingerprint density at radius 3 is 2.81 bits per heavy atom. The third-order valence-corrected chi connectivity index (χ3v) is 4.71. The average molecular weight is 302 g/mol. The Bertz CT molecular complexity index is 581. The summed E-state index contributed by atoms with van der Waals surface area (Å²) in [6, 6.07) is 5.76. The molecule has 1 saturated carbocycles. The van der Waals surface area contributed by atoms with Gasteiger partial charge in [0.15, 0.2) is 0 Å². The number of rotatable bonds is 7. The lowest BCUT2D eigenvalue weighted by Gasteiger charge is -2.16. The number of hydrogen-bond acceptors (Lipinski definition) is 4. The fourth-order valence-electron chi connectivity index (χ4n) is 2.23. The Morgan fingerprint density at radius 1 is 1.33 bits per heavy atom. The molecule has 0 spiro atoms. The van der Waals surface area contributed by atoms with E-state index >= 15 is 0 Å². The van der Waals surface area contributed by atoms with Crippen LogP contribution >= 0.6 is 11.8 Å². The molecular weight excluding hydrogens is 284 g/mol. The second-order valence-electron chi connectivity index (χ2n) is 5.45. The third-order valence-electron chi connectivity index (χ3n) is 3.69.